The molecule has 1 aromatic rings. The Kier molecular flexibility index (Phi) is 3.38. The first-order valence-electron chi connectivity index (χ1n) is 8.64. The molecule has 0 saturated heterocycles. The van der Waals surface area contributed by atoms with Crippen LogP contribution in [0.2, 0.25) is 0 Å². The lowest BCUT2D eigenvalue weighted by molar-refractivity contribution is -0.0618. The van der Waals surface area contributed by atoms with Crippen molar-refractivity contribution in [3.8, 4) is 0 Å². The van der Waals surface area contributed by atoms with Gasteiger partial charge >= 0.3 is 0 Å². The lowest BCUT2D eigenvalue weighted by Gasteiger charge is -2.60. The average Bonchev–Trinajstić information content (AvgIpc) is 2.85. The third-order valence-corrected chi connectivity index (χ3v) is 7.15. The summed E-state index contributed by atoms with van der Waals surface area (Å²) in [6.45, 7) is 6.70. The van der Waals surface area contributed by atoms with E-state index in [1.807, 2.05) is 11.3 Å². The molecule has 0 spiro atoms. The first kappa shape index (κ1) is 14.1. The van der Waals surface area contributed by atoms with E-state index in [2.05, 4.69) is 29.4 Å². The standard InChI is InChI=1S/C17H27N3S/c1-3-4-18-10-14-19-20-15(21-14)17-8-12-5-13(9-17)7-16(2,6-12)11-17/h12-13,18H,3-11H2,1-2H3. The van der Waals surface area contributed by atoms with E-state index in [0.29, 0.717) is 10.8 Å². The van der Waals surface area contributed by atoms with Crippen molar-refractivity contribution in [3.05, 3.63) is 10.0 Å². The summed E-state index contributed by atoms with van der Waals surface area (Å²) in [5.41, 5.74) is 0.982. The van der Waals surface area contributed by atoms with E-state index in [1.165, 1.54) is 55.0 Å². The van der Waals surface area contributed by atoms with Crippen molar-refractivity contribution >= 4 is 11.3 Å². The van der Waals surface area contributed by atoms with Crippen molar-refractivity contribution < 1.29 is 0 Å². The minimum Gasteiger partial charge on any atom is -0.310 e. The molecule has 116 valence electrons. The summed E-state index contributed by atoms with van der Waals surface area (Å²) in [6, 6.07) is 0. The number of hydrogen-bond acceptors (Lipinski definition) is 4. The maximum atomic E-state index is 4.64. The first-order chi connectivity index (χ1) is 10.1. The second kappa shape index (κ2) is 5.02. The summed E-state index contributed by atoms with van der Waals surface area (Å²) < 4.78 is 0. The number of nitrogens with one attached hydrogen (secondary N) is 1. The Balaban J connectivity index is 1.55. The minimum absolute atomic E-state index is 0.388. The predicted molar refractivity (Wildman–Crippen MR) is 86.4 cm³/mol. The van der Waals surface area contributed by atoms with Crippen molar-refractivity contribution in [2.75, 3.05) is 6.54 Å². The second-order valence-corrected chi connectivity index (χ2v) is 9.29. The maximum absolute atomic E-state index is 4.64. The Labute approximate surface area is 131 Å². The molecule has 4 fully saturated rings. The molecule has 2 unspecified atom stereocenters. The number of rotatable bonds is 5. The molecule has 0 amide bonds. The second-order valence-electron chi connectivity index (χ2n) is 8.23. The van der Waals surface area contributed by atoms with Crippen molar-refractivity contribution in [1.29, 1.82) is 0 Å². The van der Waals surface area contributed by atoms with Crippen LogP contribution in [0.4, 0.5) is 0 Å². The van der Waals surface area contributed by atoms with E-state index in [9.17, 15) is 0 Å². The topological polar surface area (TPSA) is 37.8 Å². The van der Waals surface area contributed by atoms with E-state index < -0.39 is 0 Å². The Morgan fingerprint density at radius 1 is 1.19 bits per heavy atom. The van der Waals surface area contributed by atoms with Gasteiger partial charge in [-0.1, -0.05) is 25.2 Å². The molecule has 3 nitrogen and oxygen atoms in total. The zero-order chi connectivity index (χ0) is 14.5. The van der Waals surface area contributed by atoms with Gasteiger partial charge in [0.15, 0.2) is 0 Å². The summed E-state index contributed by atoms with van der Waals surface area (Å²) in [6.07, 6.45) is 9.73. The van der Waals surface area contributed by atoms with Gasteiger partial charge in [0.25, 0.3) is 0 Å². The molecule has 4 aliphatic rings. The summed E-state index contributed by atoms with van der Waals surface area (Å²) >= 11 is 1.89. The van der Waals surface area contributed by atoms with Crippen LogP contribution in [0.15, 0.2) is 0 Å². The summed E-state index contributed by atoms with van der Waals surface area (Å²) in [4.78, 5) is 0. The molecule has 1 N–H and O–H groups in total. The fraction of sp³-hybridized carbons (Fsp3) is 0.882. The van der Waals surface area contributed by atoms with Gasteiger partial charge in [-0.2, -0.15) is 0 Å². The van der Waals surface area contributed by atoms with Gasteiger partial charge in [0.05, 0.1) is 0 Å². The molecule has 0 aliphatic heterocycles. The number of hydrogen-bond donors (Lipinski definition) is 1. The zero-order valence-electron chi connectivity index (χ0n) is 13.3. The molecule has 4 aliphatic carbocycles. The van der Waals surface area contributed by atoms with Gasteiger partial charge in [-0.05, 0) is 68.7 Å². The van der Waals surface area contributed by atoms with Crippen LogP contribution >= 0.6 is 11.3 Å². The van der Waals surface area contributed by atoms with E-state index in [4.69, 9.17) is 0 Å². The Morgan fingerprint density at radius 2 is 1.95 bits per heavy atom. The van der Waals surface area contributed by atoms with Crippen molar-refractivity contribution in [3.63, 3.8) is 0 Å². The van der Waals surface area contributed by atoms with Crippen LogP contribution in [-0.4, -0.2) is 16.7 Å². The summed E-state index contributed by atoms with van der Waals surface area (Å²) in [7, 11) is 0. The zero-order valence-corrected chi connectivity index (χ0v) is 14.1. The quantitative estimate of drug-likeness (QED) is 0.839. The largest absolute Gasteiger partial charge is 0.310 e. The molecule has 4 saturated carbocycles. The minimum atomic E-state index is 0.388. The van der Waals surface area contributed by atoms with Gasteiger partial charge in [0.1, 0.15) is 10.0 Å². The lowest BCUT2D eigenvalue weighted by Crippen LogP contribution is -2.52. The molecular weight excluding hydrogens is 278 g/mol. The van der Waals surface area contributed by atoms with Gasteiger partial charge < -0.3 is 5.32 Å². The number of aromatic nitrogens is 2. The van der Waals surface area contributed by atoms with E-state index in [-0.39, 0.29) is 0 Å². The molecule has 0 radical (unpaired) electrons. The highest BCUT2D eigenvalue weighted by atomic mass is 32.1. The monoisotopic (exact) mass is 305 g/mol. The predicted octanol–water partition coefficient (Wildman–Crippen LogP) is 3.90. The fourth-order valence-corrected chi connectivity index (χ4v) is 6.90. The molecule has 1 aromatic heterocycles. The van der Waals surface area contributed by atoms with Crippen LogP contribution in [-0.2, 0) is 12.0 Å². The SMILES string of the molecule is CCCNCc1nnc(C23CC4CC(CC(C)(C4)C2)C3)s1. The molecular formula is C17H27N3S. The van der Waals surface area contributed by atoms with Crippen LogP contribution in [0.3, 0.4) is 0 Å². The van der Waals surface area contributed by atoms with Gasteiger partial charge in [-0.25, -0.2) is 0 Å². The van der Waals surface area contributed by atoms with Gasteiger partial charge in [-0.15, -0.1) is 10.2 Å². The lowest BCUT2D eigenvalue weighted by atomic mass is 9.45. The van der Waals surface area contributed by atoms with Gasteiger partial charge in [-0.3, -0.25) is 0 Å². The Morgan fingerprint density at radius 3 is 2.62 bits per heavy atom. The molecule has 21 heavy (non-hydrogen) atoms. The Bertz CT molecular complexity index is 510. The summed E-state index contributed by atoms with van der Waals surface area (Å²) in [5, 5.41) is 15.1. The molecule has 2 atom stereocenters. The first-order valence-corrected chi connectivity index (χ1v) is 9.46. The van der Waals surface area contributed by atoms with Crippen LogP contribution in [0.5, 0.6) is 0 Å². The van der Waals surface area contributed by atoms with E-state index in [1.54, 1.807) is 0 Å². The van der Waals surface area contributed by atoms with Crippen molar-refractivity contribution in [1.82, 2.24) is 15.5 Å². The van der Waals surface area contributed by atoms with Crippen LogP contribution < -0.4 is 5.32 Å². The highest BCUT2D eigenvalue weighted by molar-refractivity contribution is 7.11. The fourth-order valence-electron chi connectivity index (χ4n) is 5.88. The molecule has 5 rings (SSSR count). The van der Waals surface area contributed by atoms with Gasteiger partial charge in [0.2, 0.25) is 0 Å². The average molecular weight is 305 g/mol. The number of nitrogens with zero attached hydrogens (tertiary/aromatic N) is 2. The third kappa shape index (κ3) is 2.44. The Hall–Kier alpha value is -0.480. The van der Waals surface area contributed by atoms with E-state index >= 15 is 0 Å². The highest BCUT2D eigenvalue weighted by Gasteiger charge is 2.57. The molecule has 1 heterocycles. The molecule has 0 aromatic carbocycles. The summed E-state index contributed by atoms with van der Waals surface area (Å²) in [5.74, 6) is 1.92. The van der Waals surface area contributed by atoms with Crippen molar-refractivity contribution in [2.45, 2.75) is 70.8 Å². The van der Waals surface area contributed by atoms with Crippen molar-refractivity contribution in [2.24, 2.45) is 17.3 Å². The van der Waals surface area contributed by atoms with Gasteiger partial charge in [0, 0.05) is 12.0 Å². The maximum Gasteiger partial charge on any atom is 0.131 e. The smallest absolute Gasteiger partial charge is 0.131 e. The normalized spacial score (nSPS) is 40.9. The van der Waals surface area contributed by atoms with Crippen LogP contribution in [0, 0.1) is 17.3 Å². The molecule has 4 bridgehead atoms. The third-order valence-electron chi connectivity index (χ3n) is 5.98. The van der Waals surface area contributed by atoms with Crippen LogP contribution in [0.1, 0.15) is 68.8 Å². The highest BCUT2D eigenvalue weighted by Crippen LogP contribution is 2.65. The molecule has 4 heteroatoms. The van der Waals surface area contributed by atoms with E-state index in [0.717, 1.165) is 24.9 Å². The van der Waals surface area contributed by atoms with Crippen LogP contribution in [0.25, 0.3) is 0 Å².